The summed E-state index contributed by atoms with van der Waals surface area (Å²) in [5.74, 6) is -0.665. The third-order valence-corrected chi connectivity index (χ3v) is 4.16. The van der Waals surface area contributed by atoms with Crippen LogP contribution in [0.5, 0.6) is 17.2 Å². The van der Waals surface area contributed by atoms with Crippen molar-refractivity contribution in [3.05, 3.63) is 50.0 Å². The number of halogens is 1. The van der Waals surface area contributed by atoms with E-state index in [0.717, 1.165) is 10.0 Å². The van der Waals surface area contributed by atoms with Crippen LogP contribution in [0.15, 0.2) is 28.7 Å². The third kappa shape index (κ3) is 3.72. The second-order valence-corrected chi connectivity index (χ2v) is 6.13. The lowest BCUT2D eigenvalue weighted by Gasteiger charge is -2.15. The summed E-state index contributed by atoms with van der Waals surface area (Å²) in [7, 11) is 3.95. The van der Waals surface area contributed by atoms with E-state index in [2.05, 4.69) is 21.2 Å². The number of benzene rings is 2. The lowest BCUT2D eigenvalue weighted by atomic mass is 10.1. The number of hydrogen-bond acceptors (Lipinski definition) is 6. The minimum Gasteiger partial charge on any atom is -0.493 e. The lowest BCUT2D eigenvalue weighted by Crippen LogP contribution is -2.16. The van der Waals surface area contributed by atoms with E-state index < -0.39 is 16.5 Å². The quantitative estimate of drug-likeness (QED) is 0.556. The smallest absolute Gasteiger partial charge is 0.327 e. The molecule has 26 heavy (non-hydrogen) atoms. The van der Waals surface area contributed by atoms with Gasteiger partial charge >= 0.3 is 5.69 Å². The first kappa shape index (κ1) is 19.5. The van der Waals surface area contributed by atoms with E-state index in [1.807, 2.05) is 13.0 Å². The largest absolute Gasteiger partial charge is 0.493 e. The molecule has 0 fully saturated rings. The summed E-state index contributed by atoms with van der Waals surface area (Å²) >= 11 is 3.34. The van der Waals surface area contributed by atoms with Gasteiger partial charge in [0.15, 0.2) is 5.75 Å². The molecule has 1 N–H and O–H groups in total. The van der Waals surface area contributed by atoms with Gasteiger partial charge in [0, 0.05) is 16.2 Å². The van der Waals surface area contributed by atoms with E-state index in [1.54, 1.807) is 12.1 Å². The Morgan fingerprint density at radius 3 is 2.27 bits per heavy atom. The van der Waals surface area contributed by atoms with Crippen LogP contribution in [0.3, 0.4) is 0 Å². The van der Waals surface area contributed by atoms with Gasteiger partial charge in [-0.25, -0.2) is 0 Å². The van der Waals surface area contributed by atoms with Gasteiger partial charge in [-0.05, 0) is 30.7 Å². The molecule has 0 atom stereocenters. The third-order valence-electron chi connectivity index (χ3n) is 3.67. The van der Waals surface area contributed by atoms with Gasteiger partial charge in [-0.1, -0.05) is 15.9 Å². The molecule has 2 rings (SSSR count). The van der Waals surface area contributed by atoms with Crippen molar-refractivity contribution in [1.29, 1.82) is 0 Å². The van der Waals surface area contributed by atoms with Crippen LogP contribution in [0.4, 0.5) is 11.4 Å². The highest BCUT2D eigenvalue weighted by atomic mass is 79.9. The van der Waals surface area contributed by atoms with Gasteiger partial charge in [-0.15, -0.1) is 0 Å². The molecule has 0 heterocycles. The van der Waals surface area contributed by atoms with Crippen LogP contribution in [-0.4, -0.2) is 32.2 Å². The average Bonchev–Trinajstić information content (AvgIpc) is 2.61. The number of aryl methyl sites for hydroxylation is 1. The Hall–Kier alpha value is -2.81. The predicted molar refractivity (Wildman–Crippen MR) is 99.6 cm³/mol. The standard InChI is InChI=1S/C17H17BrN2O6/c1-9-7-10(18)5-6-12(9)19-17(21)11-8-13(24-2)15(25-3)16(26-4)14(11)20(22)23/h5-8H,1-4H3,(H,19,21). The van der Waals surface area contributed by atoms with Gasteiger partial charge in [0.1, 0.15) is 5.56 Å². The Bertz CT molecular complexity index is 869. The van der Waals surface area contributed by atoms with Gasteiger partial charge in [0.05, 0.1) is 26.3 Å². The summed E-state index contributed by atoms with van der Waals surface area (Å²) in [6.45, 7) is 1.81. The second-order valence-electron chi connectivity index (χ2n) is 5.21. The Kier molecular flexibility index (Phi) is 6.04. The van der Waals surface area contributed by atoms with Crippen molar-refractivity contribution in [3.8, 4) is 17.2 Å². The van der Waals surface area contributed by atoms with Crippen LogP contribution < -0.4 is 19.5 Å². The molecular formula is C17H17BrN2O6. The number of nitrogens with zero attached hydrogens (tertiary/aromatic N) is 1. The molecule has 0 saturated heterocycles. The summed E-state index contributed by atoms with van der Waals surface area (Å²) in [6, 6.07) is 6.52. The Labute approximate surface area is 158 Å². The topological polar surface area (TPSA) is 99.9 Å². The minimum absolute atomic E-state index is 0.0399. The van der Waals surface area contributed by atoms with Crippen molar-refractivity contribution in [1.82, 2.24) is 0 Å². The number of ether oxygens (including phenoxy) is 3. The van der Waals surface area contributed by atoms with Gasteiger partial charge in [0.25, 0.3) is 5.91 Å². The molecule has 0 radical (unpaired) electrons. The zero-order valence-corrected chi connectivity index (χ0v) is 16.2. The zero-order valence-electron chi connectivity index (χ0n) is 14.6. The molecule has 0 aromatic heterocycles. The van der Waals surface area contributed by atoms with Crippen LogP contribution in [0.1, 0.15) is 15.9 Å². The molecule has 0 aliphatic rings. The molecule has 9 heteroatoms. The Morgan fingerprint density at radius 2 is 1.77 bits per heavy atom. The van der Waals surface area contributed by atoms with E-state index in [1.165, 1.54) is 27.4 Å². The molecule has 8 nitrogen and oxygen atoms in total. The highest BCUT2D eigenvalue weighted by molar-refractivity contribution is 9.10. The maximum absolute atomic E-state index is 12.7. The Morgan fingerprint density at radius 1 is 1.12 bits per heavy atom. The average molecular weight is 425 g/mol. The van der Waals surface area contributed by atoms with Crippen molar-refractivity contribution in [2.45, 2.75) is 6.92 Å². The number of carbonyl (C=O) groups is 1. The highest BCUT2D eigenvalue weighted by Gasteiger charge is 2.32. The van der Waals surface area contributed by atoms with Crippen LogP contribution in [0.2, 0.25) is 0 Å². The second kappa shape index (κ2) is 8.05. The molecule has 2 aromatic carbocycles. The van der Waals surface area contributed by atoms with Gasteiger partial charge in [-0.3, -0.25) is 14.9 Å². The number of rotatable bonds is 6. The summed E-state index contributed by atoms with van der Waals surface area (Å²) in [5.41, 5.74) is 0.619. The first-order valence-electron chi connectivity index (χ1n) is 7.38. The van der Waals surface area contributed by atoms with Crippen molar-refractivity contribution in [2.24, 2.45) is 0 Å². The molecule has 0 unspecified atom stereocenters. The van der Waals surface area contributed by atoms with E-state index in [0.29, 0.717) is 5.69 Å². The van der Waals surface area contributed by atoms with Crippen LogP contribution in [0.25, 0.3) is 0 Å². The molecule has 2 aromatic rings. The number of anilines is 1. The van der Waals surface area contributed by atoms with Gasteiger partial charge in [-0.2, -0.15) is 0 Å². The summed E-state index contributed by atoms with van der Waals surface area (Å²) in [5, 5.41) is 14.3. The summed E-state index contributed by atoms with van der Waals surface area (Å²) in [6.07, 6.45) is 0. The molecule has 0 aliphatic carbocycles. The highest BCUT2D eigenvalue weighted by Crippen LogP contribution is 2.46. The molecule has 0 bridgehead atoms. The summed E-state index contributed by atoms with van der Waals surface area (Å²) in [4.78, 5) is 23.6. The predicted octanol–water partition coefficient (Wildman–Crippen LogP) is 3.94. The first-order valence-corrected chi connectivity index (χ1v) is 8.18. The Balaban J connectivity index is 2.59. The van der Waals surface area contributed by atoms with Crippen LogP contribution in [-0.2, 0) is 0 Å². The minimum atomic E-state index is -0.690. The molecule has 0 spiro atoms. The number of amides is 1. The van der Waals surface area contributed by atoms with Crippen molar-refractivity contribution < 1.29 is 23.9 Å². The van der Waals surface area contributed by atoms with Crippen LogP contribution in [0, 0.1) is 17.0 Å². The molecule has 1 amide bonds. The monoisotopic (exact) mass is 424 g/mol. The SMILES string of the molecule is COc1cc(C(=O)Nc2ccc(Br)cc2C)c([N+](=O)[O-])c(OC)c1OC. The fraction of sp³-hybridized carbons (Fsp3) is 0.235. The van der Waals surface area contributed by atoms with Gasteiger partial charge < -0.3 is 19.5 Å². The van der Waals surface area contributed by atoms with E-state index in [4.69, 9.17) is 14.2 Å². The van der Waals surface area contributed by atoms with E-state index in [-0.39, 0.29) is 22.8 Å². The number of carbonyl (C=O) groups excluding carboxylic acids is 1. The van der Waals surface area contributed by atoms with Crippen molar-refractivity contribution in [2.75, 3.05) is 26.6 Å². The van der Waals surface area contributed by atoms with Gasteiger partial charge in [0.2, 0.25) is 11.5 Å². The number of hydrogen-bond donors (Lipinski definition) is 1. The molecular weight excluding hydrogens is 408 g/mol. The fourth-order valence-corrected chi connectivity index (χ4v) is 2.93. The zero-order chi connectivity index (χ0) is 19.4. The van der Waals surface area contributed by atoms with Crippen molar-refractivity contribution in [3.63, 3.8) is 0 Å². The molecule has 138 valence electrons. The number of nitro benzene ring substituents is 1. The number of methoxy groups -OCH3 is 3. The first-order chi connectivity index (χ1) is 12.3. The molecule has 0 aliphatic heterocycles. The van der Waals surface area contributed by atoms with Crippen molar-refractivity contribution >= 4 is 33.2 Å². The fourth-order valence-electron chi connectivity index (χ4n) is 2.45. The summed E-state index contributed by atoms with van der Waals surface area (Å²) < 4.78 is 16.3. The molecule has 0 saturated carbocycles. The maximum Gasteiger partial charge on any atom is 0.327 e. The lowest BCUT2D eigenvalue weighted by molar-refractivity contribution is -0.386. The number of nitro groups is 1. The van der Waals surface area contributed by atoms with E-state index in [9.17, 15) is 14.9 Å². The normalized spacial score (nSPS) is 10.2. The van der Waals surface area contributed by atoms with Crippen LogP contribution >= 0.6 is 15.9 Å². The van der Waals surface area contributed by atoms with E-state index >= 15 is 0 Å². The maximum atomic E-state index is 12.7. The number of nitrogens with one attached hydrogen (secondary N) is 1.